The molecule has 0 aliphatic heterocycles. The molecule has 104 valence electrons. The quantitative estimate of drug-likeness (QED) is 0.603. The lowest BCUT2D eigenvalue weighted by atomic mass is 9.55. The number of carboxylic acid groups (broad SMARTS) is 2. The van der Waals surface area contributed by atoms with Gasteiger partial charge in [0.15, 0.2) is 0 Å². The number of hydrogen-bond acceptors (Lipinski definition) is 4. The Labute approximate surface area is 103 Å². The van der Waals surface area contributed by atoms with Gasteiger partial charge in [-0.05, 0) is 33.1 Å². The van der Waals surface area contributed by atoms with Crippen LogP contribution in [0.3, 0.4) is 0 Å². The SMILES string of the molecule is CC(C)(C(=O)O)C(C)(C)C(C)(C)C(=O)O.N.N. The minimum Gasteiger partial charge on any atom is -0.481 e. The highest BCUT2D eigenvalue weighted by molar-refractivity contribution is 5.80. The molecular formula is C11H26N2O4. The zero-order chi connectivity index (χ0) is 12.7. The van der Waals surface area contributed by atoms with Crippen LogP contribution in [0.1, 0.15) is 41.5 Å². The first-order valence-corrected chi connectivity index (χ1v) is 4.86. The van der Waals surface area contributed by atoms with Crippen LogP contribution in [-0.4, -0.2) is 22.2 Å². The Hall–Kier alpha value is -1.14. The van der Waals surface area contributed by atoms with Crippen LogP contribution in [0.5, 0.6) is 0 Å². The topological polar surface area (TPSA) is 145 Å². The summed E-state index contributed by atoms with van der Waals surface area (Å²) >= 11 is 0. The molecule has 0 rings (SSSR count). The number of aliphatic carboxylic acids is 2. The second kappa shape index (κ2) is 5.46. The molecule has 0 saturated carbocycles. The molecule has 0 fully saturated rings. The van der Waals surface area contributed by atoms with Crippen LogP contribution >= 0.6 is 0 Å². The maximum Gasteiger partial charge on any atom is 0.309 e. The molecule has 17 heavy (non-hydrogen) atoms. The summed E-state index contributed by atoms with van der Waals surface area (Å²) in [7, 11) is 0. The van der Waals surface area contributed by atoms with Crippen LogP contribution in [0, 0.1) is 16.2 Å². The normalized spacial score (nSPS) is 12.1. The molecule has 0 aliphatic carbocycles. The third kappa shape index (κ3) is 2.95. The molecule has 0 aromatic carbocycles. The van der Waals surface area contributed by atoms with Gasteiger partial charge in [-0.3, -0.25) is 9.59 Å². The van der Waals surface area contributed by atoms with Gasteiger partial charge >= 0.3 is 11.9 Å². The van der Waals surface area contributed by atoms with Crippen molar-refractivity contribution in [2.45, 2.75) is 41.5 Å². The highest BCUT2D eigenvalue weighted by Gasteiger charge is 2.55. The van der Waals surface area contributed by atoms with Gasteiger partial charge in [0.25, 0.3) is 0 Å². The van der Waals surface area contributed by atoms with Crippen LogP contribution in [0.15, 0.2) is 0 Å². The predicted octanol–water partition coefficient (Wildman–Crippen LogP) is 2.56. The average Bonchev–Trinajstić information content (AvgIpc) is 2.02. The lowest BCUT2D eigenvalue weighted by molar-refractivity contribution is -0.171. The van der Waals surface area contributed by atoms with Crippen molar-refractivity contribution in [2.24, 2.45) is 16.2 Å². The summed E-state index contributed by atoms with van der Waals surface area (Å²) in [5, 5.41) is 18.3. The molecule has 0 aliphatic rings. The van der Waals surface area contributed by atoms with Crippen molar-refractivity contribution < 1.29 is 19.8 Å². The molecule has 0 amide bonds. The fraction of sp³-hybridized carbons (Fsp3) is 0.818. The highest BCUT2D eigenvalue weighted by Crippen LogP contribution is 2.51. The van der Waals surface area contributed by atoms with E-state index in [0.29, 0.717) is 0 Å². The summed E-state index contributed by atoms with van der Waals surface area (Å²) in [6.45, 7) is 9.57. The predicted molar refractivity (Wildman–Crippen MR) is 66.7 cm³/mol. The lowest BCUT2D eigenvalue weighted by Crippen LogP contribution is -2.52. The molecular weight excluding hydrogens is 224 g/mol. The van der Waals surface area contributed by atoms with Gasteiger partial charge in [-0.15, -0.1) is 0 Å². The molecule has 0 spiro atoms. The Kier molecular flexibility index (Phi) is 6.80. The van der Waals surface area contributed by atoms with Crippen molar-refractivity contribution in [1.82, 2.24) is 12.3 Å². The maximum atomic E-state index is 11.1. The standard InChI is InChI=1S/C11H20O4.2H3N/c1-9(2,7(12)13)11(5,6)10(3,4)8(14)15;;/h1-6H3,(H,12,13)(H,14,15);2*1H3. The smallest absolute Gasteiger partial charge is 0.309 e. The van der Waals surface area contributed by atoms with E-state index in [0.717, 1.165) is 0 Å². The second-order valence-corrected chi connectivity index (χ2v) is 5.49. The summed E-state index contributed by atoms with van der Waals surface area (Å²) < 4.78 is 0. The molecule has 6 heteroatoms. The summed E-state index contributed by atoms with van der Waals surface area (Å²) in [5.41, 5.74) is -3.07. The zero-order valence-electron chi connectivity index (χ0n) is 11.6. The number of carboxylic acids is 2. The molecule has 0 atom stereocenters. The molecule has 0 aromatic heterocycles. The van der Waals surface area contributed by atoms with Crippen LogP contribution < -0.4 is 12.3 Å². The van der Waals surface area contributed by atoms with E-state index in [2.05, 4.69) is 0 Å². The van der Waals surface area contributed by atoms with Crippen LogP contribution in [0.25, 0.3) is 0 Å². The molecule has 0 unspecified atom stereocenters. The van der Waals surface area contributed by atoms with Crippen LogP contribution in [0.2, 0.25) is 0 Å². The highest BCUT2D eigenvalue weighted by atomic mass is 16.4. The van der Waals surface area contributed by atoms with Crippen molar-refractivity contribution in [2.75, 3.05) is 0 Å². The van der Waals surface area contributed by atoms with Gasteiger partial charge < -0.3 is 22.5 Å². The number of carbonyl (C=O) groups is 2. The van der Waals surface area contributed by atoms with Crippen LogP contribution in [0.4, 0.5) is 0 Å². The van der Waals surface area contributed by atoms with Crippen molar-refractivity contribution >= 4 is 11.9 Å². The monoisotopic (exact) mass is 250 g/mol. The van der Waals surface area contributed by atoms with Gasteiger partial charge in [-0.2, -0.15) is 0 Å². The van der Waals surface area contributed by atoms with E-state index in [1.54, 1.807) is 41.5 Å². The molecule has 0 aromatic rings. The lowest BCUT2D eigenvalue weighted by Gasteiger charge is -2.47. The summed E-state index contributed by atoms with van der Waals surface area (Å²) in [6, 6.07) is 0. The summed E-state index contributed by atoms with van der Waals surface area (Å²) in [6.07, 6.45) is 0. The van der Waals surface area contributed by atoms with E-state index >= 15 is 0 Å². The summed E-state index contributed by atoms with van der Waals surface area (Å²) in [4.78, 5) is 22.3. The van der Waals surface area contributed by atoms with Gasteiger partial charge in [-0.25, -0.2) is 0 Å². The van der Waals surface area contributed by atoms with E-state index in [9.17, 15) is 9.59 Å². The van der Waals surface area contributed by atoms with Gasteiger partial charge in [0.05, 0.1) is 10.8 Å². The zero-order valence-corrected chi connectivity index (χ0v) is 11.6. The van der Waals surface area contributed by atoms with Crippen molar-refractivity contribution in [3.63, 3.8) is 0 Å². The molecule has 0 heterocycles. The van der Waals surface area contributed by atoms with Gasteiger partial charge in [0.1, 0.15) is 0 Å². The number of rotatable bonds is 4. The minimum absolute atomic E-state index is 0. The van der Waals surface area contributed by atoms with E-state index in [1.807, 2.05) is 0 Å². The van der Waals surface area contributed by atoms with Crippen LogP contribution in [-0.2, 0) is 9.59 Å². The number of hydrogen-bond donors (Lipinski definition) is 4. The fourth-order valence-electron chi connectivity index (χ4n) is 1.32. The van der Waals surface area contributed by atoms with Crippen molar-refractivity contribution in [3.8, 4) is 0 Å². The van der Waals surface area contributed by atoms with Gasteiger partial charge in [-0.1, -0.05) is 13.8 Å². The Morgan fingerprint density at radius 2 is 0.882 bits per heavy atom. The average molecular weight is 250 g/mol. The molecule has 0 bridgehead atoms. The Morgan fingerprint density at radius 3 is 1.00 bits per heavy atom. The first kappa shape index (κ1) is 21.2. The molecule has 8 N–H and O–H groups in total. The van der Waals surface area contributed by atoms with Gasteiger partial charge in [0.2, 0.25) is 0 Å². The Bertz CT molecular complexity index is 268. The minimum atomic E-state index is -1.10. The molecule has 0 radical (unpaired) electrons. The van der Waals surface area contributed by atoms with E-state index < -0.39 is 28.2 Å². The molecule has 6 nitrogen and oxygen atoms in total. The third-order valence-electron chi connectivity index (χ3n) is 4.19. The van der Waals surface area contributed by atoms with E-state index in [4.69, 9.17) is 10.2 Å². The maximum absolute atomic E-state index is 11.1. The first-order valence-electron chi connectivity index (χ1n) is 4.86. The third-order valence-corrected chi connectivity index (χ3v) is 4.19. The van der Waals surface area contributed by atoms with Crippen molar-refractivity contribution in [3.05, 3.63) is 0 Å². The van der Waals surface area contributed by atoms with Crippen molar-refractivity contribution in [1.29, 1.82) is 0 Å². The Balaban J connectivity index is -0.000000980. The first-order chi connectivity index (χ1) is 6.39. The van der Waals surface area contributed by atoms with Gasteiger partial charge in [0, 0.05) is 0 Å². The molecule has 0 saturated heterocycles. The van der Waals surface area contributed by atoms with E-state index in [1.165, 1.54) is 0 Å². The largest absolute Gasteiger partial charge is 0.481 e. The summed E-state index contributed by atoms with van der Waals surface area (Å²) in [5.74, 6) is -1.97. The Morgan fingerprint density at radius 1 is 0.706 bits per heavy atom. The second-order valence-electron chi connectivity index (χ2n) is 5.49. The van der Waals surface area contributed by atoms with E-state index in [-0.39, 0.29) is 12.3 Å². The fourth-order valence-corrected chi connectivity index (χ4v) is 1.32.